The standard InChI is InChI=1S/C20H22ClFN2O4/c1-11-6-8-13(9-7-11)23-16(25)10-27-20(26)17-12(2)28-24-19(17)18-14(21)4-3-5-15(18)22/h3-5,11,13H,6-10H2,1-2H3,(H,23,25). The molecule has 150 valence electrons. The lowest BCUT2D eigenvalue weighted by molar-refractivity contribution is -0.125. The lowest BCUT2D eigenvalue weighted by Gasteiger charge is -2.26. The van der Waals surface area contributed by atoms with Crippen LogP contribution in [0, 0.1) is 18.7 Å². The molecule has 1 aliphatic rings. The third kappa shape index (κ3) is 4.52. The van der Waals surface area contributed by atoms with Gasteiger partial charge in [-0.2, -0.15) is 0 Å². The largest absolute Gasteiger partial charge is 0.452 e. The lowest BCUT2D eigenvalue weighted by Crippen LogP contribution is -2.39. The monoisotopic (exact) mass is 408 g/mol. The number of halogens is 2. The number of amides is 1. The number of aromatic nitrogens is 1. The Morgan fingerprint density at radius 2 is 2.04 bits per heavy atom. The maximum Gasteiger partial charge on any atom is 0.344 e. The molecule has 0 unspecified atom stereocenters. The molecule has 1 fully saturated rings. The zero-order valence-corrected chi connectivity index (χ0v) is 16.5. The Morgan fingerprint density at radius 3 is 2.71 bits per heavy atom. The van der Waals surface area contributed by atoms with E-state index in [-0.39, 0.29) is 39.6 Å². The van der Waals surface area contributed by atoms with Crippen LogP contribution in [-0.4, -0.2) is 29.7 Å². The molecule has 2 aromatic rings. The Kier molecular flexibility index (Phi) is 6.34. The molecule has 1 aromatic heterocycles. The lowest BCUT2D eigenvalue weighted by atomic mass is 9.87. The van der Waals surface area contributed by atoms with Crippen LogP contribution in [0.1, 0.15) is 48.7 Å². The third-order valence-corrected chi connectivity index (χ3v) is 5.30. The molecule has 0 aliphatic heterocycles. The molecule has 0 atom stereocenters. The number of carbonyl (C=O) groups excluding carboxylic acids is 2. The molecule has 1 N–H and O–H groups in total. The summed E-state index contributed by atoms with van der Waals surface area (Å²) in [5.74, 6) is -1.00. The zero-order valence-electron chi connectivity index (χ0n) is 15.8. The summed E-state index contributed by atoms with van der Waals surface area (Å²) >= 11 is 6.06. The van der Waals surface area contributed by atoms with Gasteiger partial charge in [-0.05, 0) is 50.7 Å². The molecule has 0 saturated heterocycles. The van der Waals surface area contributed by atoms with E-state index in [0.717, 1.165) is 25.7 Å². The molecule has 1 heterocycles. The van der Waals surface area contributed by atoms with Crippen LogP contribution in [0.5, 0.6) is 0 Å². The molecule has 6 nitrogen and oxygen atoms in total. The molecule has 1 saturated carbocycles. The summed E-state index contributed by atoms with van der Waals surface area (Å²) in [6, 6.07) is 4.24. The molecule has 3 rings (SSSR count). The summed E-state index contributed by atoms with van der Waals surface area (Å²) in [6.07, 6.45) is 3.97. The number of esters is 1. The van der Waals surface area contributed by atoms with E-state index in [1.807, 2.05) is 0 Å². The highest BCUT2D eigenvalue weighted by atomic mass is 35.5. The molecule has 0 spiro atoms. The SMILES string of the molecule is Cc1onc(-c2c(F)cccc2Cl)c1C(=O)OCC(=O)NC1CCC(C)CC1. The first-order valence-electron chi connectivity index (χ1n) is 9.24. The Hall–Kier alpha value is -2.41. The summed E-state index contributed by atoms with van der Waals surface area (Å²) < 4.78 is 24.4. The minimum Gasteiger partial charge on any atom is -0.452 e. The average Bonchev–Trinajstić information content (AvgIpc) is 3.03. The number of rotatable bonds is 5. The average molecular weight is 409 g/mol. The number of carbonyl (C=O) groups is 2. The van der Waals surface area contributed by atoms with E-state index in [1.54, 1.807) is 0 Å². The fourth-order valence-corrected chi connectivity index (χ4v) is 3.64. The summed E-state index contributed by atoms with van der Waals surface area (Å²) in [7, 11) is 0. The van der Waals surface area contributed by atoms with Crippen LogP contribution >= 0.6 is 11.6 Å². The van der Waals surface area contributed by atoms with Crippen molar-refractivity contribution in [2.45, 2.75) is 45.6 Å². The zero-order chi connectivity index (χ0) is 20.3. The van der Waals surface area contributed by atoms with Crippen LogP contribution in [0.3, 0.4) is 0 Å². The topological polar surface area (TPSA) is 81.4 Å². The van der Waals surface area contributed by atoms with Gasteiger partial charge in [0.2, 0.25) is 0 Å². The number of hydrogen-bond acceptors (Lipinski definition) is 5. The minimum atomic E-state index is -0.819. The van der Waals surface area contributed by atoms with Crippen LogP contribution in [-0.2, 0) is 9.53 Å². The van der Waals surface area contributed by atoms with Crippen LogP contribution in [0.15, 0.2) is 22.7 Å². The fourth-order valence-electron chi connectivity index (χ4n) is 3.38. The second kappa shape index (κ2) is 8.73. The quantitative estimate of drug-likeness (QED) is 0.746. The number of benzene rings is 1. The van der Waals surface area contributed by atoms with Gasteiger partial charge in [-0.25, -0.2) is 9.18 Å². The van der Waals surface area contributed by atoms with Gasteiger partial charge in [0.15, 0.2) is 6.61 Å². The van der Waals surface area contributed by atoms with Crippen molar-refractivity contribution in [3.63, 3.8) is 0 Å². The van der Waals surface area contributed by atoms with Crippen LogP contribution < -0.4 is 5.32 Å². The number of hydrogen-bond donors (Lipinski definition) is 1. The van der Waals surface area contributed by atoms with Crippen LogP contribution in [0.25, 0.3) is 11.3 Å². The van der Waals surface area contributed by atoms with E-state index < -0.39 is 18.4 Å². The second-order valence-electron chi connectivity index (χ2n) is 7.16. The molecule has 28 heavy (non-hydrogen) atoms. The first-order chi connectivity index (χ1) is 13.4. The Bertz CT molecular complexity index is 855. The molecule has 8 heteroatoms. The van der Waals surface area contributed by atoms with E-state index in [9.17, 15) is 14.0 Å². The van der Waals surface area contributed by atoms with E-state index >= 15 is 0 Å². The van der Waals surface area contributed by atoms with Crippen molar-refractivity contribution in [1.82, 2.24) is 10.5 Å². The van der Waals surface area contributed by atoms with Gasteiger partial charge < -0.3 is 14.6 Å². The first-order valence-corrected chi connectivity index (χ1v) is 9.61. The number of nitrogens with one attached hydrogen (secondary N) is 1. The van der Waals surface area contributed by atoms with Gasteiger partial charge in [0.05, 0.1) is 10.6 Å². The summed E-state index contributed by atoms with van der Waals surface area (Å²) in [4.78, 5) is 24.6. The van der Waals surface area contributed by atoms with Gasteiger partial charge in [0.25, 0.3) is 5.91 Å². The smallest absolute Gasteiger partial charge is 0.344 e. The number of ether oxygens (including phenoxy) is 1. The summed E-state index contributed by atoms with van der Waals surface area (Å²) in [5.41, 5.74) is -0.146. The van der Waals surface area contributed by atoms with Crippen molar-refractivity contribution in [2.75, 3.05) is 6.61 Å². The normalized spacial score (nSPS) is 19.3. The van der Waals surface area contributed by atoms with Crippen molar-refractivity contribution in [1.29, 1.82) is 0 Å². The maximum atomic E-state index is 14.2. The molecule has 1 aromatic carbocycles. The van der Waals surface area contributed by atoms with Gasteiger partial charge in [-0.15, -0.1) is 0 Å². The van der Waals surface area contributed by atoms with Gasteiger partial charge >= 0.3 is 5.97 Å². The van der Waals surface area contributed by atoms with Gasteiger partial charge in [0.1, 0.15) is 22.8 Å². The van der Waals surface area contributed by atoms with Crippen molar-refractivity contribution >= 4 is 23.5 Å². The highest BCUT2D eigenvalue weighted by Gasteiger charge is 2.27. The predicted molar refractivity (Wildman–Crippen MR) is 101 cm³/mol. The van der Waals surface area contributed by atoms with Crippen molar-refractivity contribution in [3.05, 3.63) is 40.4 Å². The highest BCUT2D eigenvalue weighted by Crippen LogP contribution is 2.33. The summed E-state index contributed by atoms with van der Waals surface area (Å²) in [6.45, 7) is 3.27. The van der Waals surface area contributed by atoms with Crippen molar-refractivity contribution in [3.8, 4) is 11.3 Å². The Balaban J connectivity index is 1.67. The van der Waals surface area contributed by atoms with Crippen LogP contribution in [0.2, 0.25) is 5.02 Å². The predicted octanol–water partition coefficient (Wildman–Crippen LogP) is 4.29. The van der Waals surface area contributed by atoms with E-state index in [2.05, 4.69) is 17.4 Å². The minimum absolute atomic E-state index is 0.0475. The molecule has 1 amide bonds. The maximum absolute atomic E-state index is 14.2. The van der Waals surface area contributed by atoms with E-state index in [1.165, 1.54) is 25.1 Å². The third-order valence-electron chi connectivity index (χ3n) is 4.98. The molecule has 1 aliphatic carbocycles. The highest BCUT2D eigenvalue weighted by molar-refractivity contribution is 6.33. The molecule has 0 radical (unpaired) electrons. The van der Waals surface area contributed by atoms with Crippen molar-refractivity contribution in [2.24, 2.45) is 5.92 Å². The van der Waals surface area contributed by atoms with E-state index in [4.69, 9.17) is 20.9 Å². The number of nitrogens with zero attached hydrogens (tertiary/aromatic N) is 1. The van der Waals surface area contributed by atoms with Gasteiger partial charge in [-0.3, -0.25) is 4.79 Å². The second-order valence-corrected chi connectivity index (χ2v) is 7.57. The first kappa shape index (κ1) is 20.3. The molecular weight excluding hydrogens is 387 g/mol. The Morgan fingerprint density at radius 1 is 1.32 bits per heavy atom. The van der Waals surface area contributed by atoms with Gasteiger partial charge in [-0.1, -0.05) is 29.7 Å². The molecule has 0 bridgehead atoms. The van der Waals surface area contributed by atoms with Crippen molar-refractivity contribution < 1.29 is 23.2 Å². The number of aryl methyl sites for hydroxylation is 1. The molecular formula is C20H22ClFN2O4. The van der Waals surface area contributed by atoms with Crippen LogP contribution in [0.4, 0.5) is 4.39 Å². The van der Waals surface area contributed by atoms with E-state index in [0.29, 0.717) is 5.92 Å². The van der Waals surface area contributed by atoms with Gasteiger partial charge in [0, 0.05) is 6.04 Å². The summed E-state index contributed by atoms with van der Waals surface area (Å²) in [5, 5.41) is 6.73. The Labute approximate surface area is 167 Å². The fraction of sp³-hybridized carbons (Fsp3) is 0.450.